The molecule has 0 saturated heterocycles. The summed E-state index contributed by atoms with van der Waals surface area (Å²) in [7, 11) is 0. The van der Waals surface area contributed by atoms with Crippen molar-refractivity contribution in [2.75, 3.05) is 17.6 Å². The maximum Gasteiger partial charge on any atom is 0.315 e. The molecule has 0 aliphatic heterocycles. The third-order valence-electron chi connectivity index (χ3n) is 3.19. The van der Waals surface area contributed by atoms with Gasteiger partial charge in [-0.2, -0.15) is 0 Å². The third-order valence-corrected chi connectivity index (χ3v) is 4.16. The van der Waals surface area contributed by atoms with Crippen LogP contribution < -0.4 is 5.32 Å². The van der Waals surface area contributed by atoms with Crippen molar-refractivity contribution in [3.05, 3.63) is 11.7 Å². The highest BCUT2D eigenvalue weighted by molar-refractivity contribution is 7.99. The van der Waals surface area contributed by atoms with Gasteiger partial charge in [-0.3, -0.25) is 0 Å². The highest BCUT2D eigenvalue weighted by Crippen LogP contribution is 2.39. The second-order valence-electron chi connectivity index (χ2n) is 4.77. The Kier molecular flexibility index (Phi) is 3.90. The predicted molar refractivity (Wildman–Crippen MR) is 75.9 cm³/mol. The van der Waals surface area contributed by atoms with Gasteiger partial charge in [0, 0.05) is 24.8 Å². The topological polar surface area (TPSA) is 81.7 Å². The highest BCUT2D eigenvalue weighted by Gasteiger charge is 2.29. The van der Waals surface area contributed by atoms with Gasteiger partial charge in [0.2, 0.25) is 5.89 Å². The molecule has 0 unspecified atom stereocenters. The molecule has 1 aliphatic rings. The van der Waals surface area contributed by atoms with Crippen LogP contribution in [0, 0.1) is 6.92 Å². The van der Waals surface area contributed by atoms with Crippen LogP contribution in [0.4, 0.5) is 6.01 Å². The molecule has 1 aliphatic carbocycles. The number of aryl methyl sites for hydroxylation is 1. The van der Waals surface area contributed by atoms with Crippen LogP contribution in [0.25, 0.3) is 0 Å². The van der Waals surface area contributed by atoms with Crippen LogP contribution in [0.2, 0.25) is 0 Å². The molecule has 8 heteroatoms. The SMILES string of the molecule is CCn1c(C)nnc1SCCNc1nnc(C2CC2)o1. The van der Waals surface area contributed by atoms with Gasteiger partial charge in [-0.15, -0.1) is 15.3 Å². The number of thioether (sulfide) groups is 1. The maximum absolute atomic E-state index is 5.53. The zero-order valence-electron chi connectivity index (χ0n) is 11.7. The lowest BCUT2D eigenvalue weighted by molar-refractivity contribution is 0.508. The van der Waals surface area contributed by atoms with Crippen molar-refractivity contribution in [1.29, 1.82) is 0 Å². The maximum atomic E-state index is 5.53. The van der Waals surface area contributed by atoms with Crippen molar-refractivity contribution < 1.29 is 4.42 Å². The van der Waals surface area contributed by atoms with E-state index in [2.05, 4.69) is 37.2 Å². The Morgan fingerprint density at radius 1 is 1.30 bits per heavy atom. The summed E-state index contributed by atoms with van der Waals surface area (Å²) in [5, 5.41) is 20.4. The Balaban J connectivity index is 1.45. The molecule has 0 spiro atoms. The van der Waals surface area contributed by atoms with Crippen molar-refractivity contribution in [1.82, 2.24) is 25.0 Å². The number of nitrogens with one attached hydrogen (secondary N) is 1. The van der Waals surface area contributed by atoms with Gasteiger partial charge in [-0.1, -0.05) is 16.9 Å². The number of hydrogen-bond donors (Lipinski definition) is 1. The van der Waals surface area contributed by atoms with Gasteiger partial charge < -0.3 is 14.3 Å². The second-order valence-corrected chi connectivity index (χ2v) is 5.83. The van der Waals surface area contributed by atoms with E-state index in [9.17, 15) is 0 Å². The molecule has 20 heavy (non-hydrogen) atoms. The van der Waals surface area contributed by atoms with Crippen molar-refractivity contribution in [3.63, 3.8) is 0 Å². The first kappa shape index (κ1) is 13.4. The van der Waals surface area contributed by atoms with Crippen LogP contribution in [-0.4, -0.2) is 37.3 Å². The van der Waals surface area contributed by atoms with E-state index in [1.807, 2.05) is 6.92 Å². The van der Waals surface area contributed by atoms with Gasteiger partial charge in [-0.25, -0.2) is 0 Å². The van der Waals surface area contributed by atoms with Gasteiger partial charge in [-0.05, 0) is 26.7 Å². The Hall–Kier alpha value is -1.57. The fourth-order valence-electron chi connectivity index (χ4n) is 1.93. The molecule has 1 fully saturated rings. The molecule has 0 amide bonds. The van der Waals surface area contributed by atoms with E-state index in [-0.39, 0.29) is 0 Å². The van der Waals surface area contributed by atoms with E-state index in [1.165, 1.54) is 12.8 Å². The standard InChI is InChI=1S/C12H18N6OS/c1-3-18-8(2)14-17-12(18)20-7-6-13-11-16-15-10(19-11)9-4-5-9/h9H,3-7H2,1-2H3,(H,13,16). The van der Waals surface area contributed by atoms with Crippen molar-refractivity contribution in [2.45, 2.75) is 44.3 Å². The Morgan fingerprint density at radius 3 is 2.90 bits per heavy atom. The summed E-state index contributed by atoms with van der Waals surface area (Å²) in [6, 6.07) is 0.514. The first-order valence-electron chi connectivity index (χ1n) is 6.87. The first-order chi connectivity index (χ1) is 9.78. The van der Waals surface area contributed by atoms with Crippen LogP contribution in [0.1, 0.15) is 37.4 Å². The third kappa shape index (κ3) is 2.95. The number of hydrogen-bond acceptors (Lipinski definition) is 7. The summed E-state index contributed by atoms with van der Waals surface area (Å²) >= 11 is 1.67. The average molecular weight is 294 g/mol. The normalized spacial score (nSPS) is 14.7. The molecule has 0 radical (unpaired) electrons. The average Bonchev–Trinajstić information content (AvgIpc) is 3.09. The molecule has 0 bridgehead atoms. The van der Waals surface area contributed by atoms with E-state index >= 15 is 0 Å². The van der Waals surface area contributed by atoms with Crippen molar-refractivity contribution in [3.8, 4) is 0 Å². The summed E-state index contributed by atoms with van der Waals surface area (Å²) in [6.07, 6.45) is 2.34. The summed E-state index contributed by atoms with van der Waals surface area (Å²) in [5.74, 6) is 3.09. The van der Waals surface area contributed by atoms with Crippen LogP contribution in [0.15, 0.2) is 9.57 Å². The van der Waals surface area contributed by atoms with E-state index in [0.717, 1.165) is 35.7 Å². The van der Waals surface area contributed by atoms with E-state index in [4.69, 9.17) is 4.42 Å². The fourth-order valence-corrected chi connectivity index (χ4v) is 2.84. The number of aromatic nitrogens is 5. The minimum absolute atomic E-state index is 0.499. The van der Waals surface area contributed by atoms with Gasteiger partial charge in [0.1, 0.15) is 5.82 Å². The zero-order valence-corrected chi connectivity index (χ0v) is 12.5. The zero-order chi connectivity index (χ0) is 13.9. The number of anilines is 1. The summed E-state index contributed by atoms with van der Waals surface area (Å²) in [4.78, 5) is 0. The van der Waals surface area contributed by atoms with Crippen LogP contribution in [-0.2, 0) is 6.54 Å². The monoisotopic (exact) mass is 294 g/mol. The van der Waals surface area contributed by atoms with Crippen LogP contribution in [0.3, 0.4) is 0 Å². The molecular weight excluding hydrogens is 276 g/mol. The molecule has 3 rings (SSSR count). The molecule has 108 valence electrons. The lowest BCUT2D eigenvalue weighted by atomic mass is 10.4. The quantitative estimate of drug-likeness (QED) is 0.618. The lowest BCUT2D eigenvalue weighted by Gasteiger charge is -2.04. The van der Waals surface area contributed by atoms with E-state index in [0.29, 0.717) is 11.9 Å². The number of rotatable bonds is 7. The van der Waals surface area contributed by atoms with Gasteiger partial charge in [0.15, 0.2) is 5.16 Å². The van der Waals surface area contributed by atoms with Gasteiger partial charge in [0.05, 0.1) is 0 Å². The molecule has 2 aromatic heterocycles. The van der Waals surface area contributed by atoms with E-state index < -0.39 is 0 Å². The first-order valence-corrected chi connectivity index (χ1v) is 7.86. The highest BCUT2D eigenvalue weighted by atomic mass is 32.2. The van der Waals surface area contributed by atoms with Crippen molar-refractivity contribution >= 4 is 17.8 Å². The van der Waals surface area contributed by atoms with Crippen LogP contribution in [0.5, 0.6) is 0 Å². The summed E-state index contributed by atoms with van der Waals surface area (Å²) < 4.78 is 7.63. The van der Waals surface area contributed by atoms with Gasteiger partial charge >= 0.3 is 6.01 Å². The molecule has 1 N–H and O–H groups in total. The van der Waals surface area contributed by atoms with E-state index in [1.54, 1.807) is 11.8 Å². The summed E-state index contributed by atoms with van der Waals surface area (Å²) in [6.45, 7) is 5.71. The molecule has 1 saturated carbocycles. The molecule has 0 atom stereocenters. The Labute approximate surface area is 121 Å². The molecule has 0 aromatic carbocycles. The molecule has 7 nitrogen and oxygen atoms in total. The molecule has 2 heterocycles. The predicted octanol–water partition coefficient (Wildman–Crippen LogP) is 2.07. The minimum Gasteiger partial charge on any atom is -0.408 e. The second kappa shape index (κ2) is 5.82. The Bertz CT molecular complexity index is 576. The smallest absolute Gasteiger partial charge is 0.315 e. The summed E-state index contributed by atoms with van der Waals surface area (Å²) in [5.41, 5.74) is 0. The molecule has 2 aromatic rings. The Morgan fingerprint density at radius 2 is 2.15 bits per heavy atom. The minimum atomic E-state index is 0.499. The fraction of sp³-hybridized carbons (Fsp3) is 0.667. The largest absolute Gasteiger partial charge is 0.408 e. The lowest BCUT2D eigenvalue weighted by Crippen LogP contribution is -2.06. The van der Waals surface area contributed by atoms with Crippen molar-refractivity contribution in [2.24, 2.45) is 0 Å². The van der Waals surface area contributed by atoms with Crippen LogP contribution >= 0.6 is 11.8 Å². The number of nitrogens with zero attached hydrogens (tertiary/aromatic N) is 5. The van der Waals surface area contributed by atoms with Gasteiger partial charge in [0.25, 0.3) is 0 Å². The molecular formula is C12H18N6OS.